The number of fused-ring (bicyclic) bond motifs is 1. The molecule has 8 heteroatoms. The zero-order valence-corrected chi connectivity index (χ0v) is 12.8. The molecule has 0 aliphatic heterocycles. The SMILES string of the molecule is COCOc1ccc2nc(-c3ccc([N+](=O)[O-])c([18F])c3)sc2c1. The number of aromatic nitrogens is 1. The fourth-order valence-electron chi connectivity index (χ4n) is 2.03. The first-order chi connectivity index (χ1) is 11.1. The standard InChI is InChI=1S/C15H11FN2O4S/c1-21-8-22-10-3-4-12-14(7-10)23-15(17-12)9-2-5-13(18(19)20)11(16)6-9/h2-7H,8H2,1H3/i16-1. The van der Waals surface area contributed by atoms with Crippen LogP contribution in [0, 0.1) is 15.9 Å². The smallest absolute Gasteiger partial charge is 0.304 e. The summed E-state index contributed by atoms with van der Waals surface area (Å²) in [6, 6.07) is 9.13. The second-order valence-electron chi connectivity index (χ2n) is 4.62. The Morgan fingerprint density at radius 3 is 2.83 bits per heavy atom. The second kappa shape index (κ2) is 6.27. The fraction of sp³-hybridized carbons (Fsp3) is 0.133. The van der Waals surface area contributed by atoms with Gasteiger partial charge in [-0.1, -0.05) is 0 Å². The van der Waals surface area contributed by atoms with Gasteiger partial charge in [0.1, 0.15) is 10.8 Å². The Morgan fingerprint density at radius 2 is 2.13 bits per heavy atom. The molecule has 0 saturated heterocycles. The Balaban J connectivity index is 1.97. The van der Waals surface area contributed by atoms with E-state index in [-0.39, 0.29) is 6.79 Å². The molecule has 1 aromatic heterocycles. The number of hydrogen-bond acceptors (Lipinski definition) is 6. The summed E-state index contributed by atoms with van der Waals surface area (Å²) in [5.41, 5.74) is 0.687. The van der Waals surface area contributed by atoms with Crippen molar-refractivity contribution in [2.24, 2.45) is 0 Å². The predicted octanol–water partition coefficient (Wildman–Crippen LogP) is 3.99. The van der Waals surface area contributed by atoms with Crippen LogP contribution in [0.4, 0.5) is 10.1 Å². The summed E-state index contributed by atoms with van der Waals surface area (Å²) in [4.78, 5) is 14.3. The minimum Gasteiger partial charge on any atom is -0.468 e. The van der Waals surface area contributed by atoms with Gasteiger partial charge in [0.15, 0.2) is 6.79 Å². The summed E-state index contributed by atoms with van der Waals surface area (Å²) in [7, 11) is 1.53. The van der Waals surface area contributed by atoms with Gasteiger partial charge in [-0.05, 0) is 30.3 Å². The van der Waals surface area contributed by atoms with E-state index in [1.165, 1.54) is 24.5 Å². The molecule has 0 atom stereocenters. The summed E-state index contributed by atoms with van der Waals surface area (Å²) >= 11 is 1.35. The van der Waals surface area contributed by atoms with E-state index in [1.807, 2.05) is 6.07 Å². The first-order valence-corrected chi connectivity index (χ1v) is 7.37. The maximum atomic E-state index is 13.7. The maximum absolute atomic E-state index is 13.7. The van der Waals surface area contributed by atoms with Crippen molar-refractivity contribution >= 4 is 27.2 Å². The molecule has 0 amide bonds. The van der Waals surface area contributed by atoms with Crippen LogP contribution < -0.4 is 4.74 Å². The van der Waals surface area contributed by atoms with Crippen molar-refractivity contribution in [2.45, 2.75) is 0 Å². The Morgan fingerprint density at radius 1 is 1.30 bits per heavy atom. The van der Waals surface area contributed by atoms with Crippen LogP contribution >= 0.6 is 11.3 Å². The minimum absolute atomic E-state index is 0.144. The third-order valence-electron chi connectivity index (χ3n) is 3.09. The summed E-state index contributed by atoms with van der Waals surface area (Å²) in [6.45, 7) is 0.144. The van der Waals surface area contributed by atoms with Crippen LogP contribution in [0.2, 0.25) is 0 Å². The second-order valence-corrected chi connectivity index (χ2v) is 5.65. The molecule has 3 rings (SSSR count). The molecule has 23 heavy (non-hydrogen) atoms. The number of nitro benzene ring substituents is 1. The first-order valence-electron chi connectivity index (χ1n) is 6.55. The number of nitro groups is 1. The summed E-state index contributed by atoms with van der Waals surface area (Å²) in [5, 5.41) is 11.2. The number of methoxy groups -OCH3 is 1. The van der Waals surface area contributed by atoms with Crippen molar-refractivity contribution in [2.75, 3.05) is 13.9 Å². The largest absolute Gasteiger partial charge is 0.468 e. The average Bonchev–Trinajstić information content (AvgIpc) is 2.95. The highest BCUT2D eigenvalue weighted by Gasteiger charge is 2.16. The highest BCUT2D eigenvalue weighted by molar-refractivity contribution is 7.21. The molecular weight excluding hydrogens is 322 g/mol. The highest BCUT2D eigenvalue weighted by Crippen LogP contribution is 2.33. The normalized spacial score (nSPS) is 10.9. The summed E-state index contributed by atoms with van der Waals surface area (Å²) in [5.74, 6) is -0.236. The maximum Gasteiger partial charge on any atom is 0.304 e. The van der Waals surface area contributed by atoms with E-state index in [4.69, 9.17) is 9.47 Å². The van der Waals surface area contributed by atoms with Gasteiger partial charge in [-0.3, -0.25) is 10.1 Å². The third-order valence-corrected chi connectivity index (χ3v) is 4.16. The van der Waals surface area contributed by atoms with Crippen LogP contribution in [0.15, 0.2) is 36.4 Å². The molecule has 0 aliphatic carbocycles. The number of thiazole rings is 1. The van der Waals surface area contributed by atoms with Gasteiger partial charge >= 0.3 is 5.69 Å². The molecule has 0 fully saturated rings. The lowest BCUT2D eigenvalue weighted by Gasteiger charge is -2.03. The van der Waals surface area contributed by atoms with E-state index < -0.39 is 16.4 Å². The molecule has 2 aromatic carbocycles. The monoisotopic (exact) mass is 333 g/mol. The molecule has 0 spiro atoms. The molecule has 0 unspecified atom stereocenters. The van der Waals surface area contributed by atoms with Gasteiger partial charge in [-0.2, -0.15) is 4.39 Å². The topological polar surface area (TPSA) is 74.5 Å². The van der Waals surface area contributed by atoms with Crippen LogP contribution in [-0.2, 0) is 4.74 Å². The van der Waals surface area contributed by atoms with Crippen LogP contribution in [0.5, 0.6) is 5.75 Å². The van der Waals surface area contributed by atoms with Crippen LogP contribution in [0.25, 0.3) is 20.8 Å². The van der Waals surface area contributed by atoms with E-state index in [2.05, 4.69) is 4.98 Å². The molecule has 118 valence electrons. The Hall–Kier alpha value is -2.58. The van der Waals surface area contributed by atoms with Gasteiger partial charge in [0, 0.05) is 18.7 Å². The summed E-state index contributed by atoms with van der Waals surface area (Å²) in [6.07, 6.45) is 0. The molecule has 6 nitrogen and oxygen atoms in total. The number of nitrogens with zero attached hydrogens (tertiary/aromatic N) is 2. The number of ether oxygens (including phenoxy) is 2. The summed E-state index contributed by atoms with van der Waals surface area (Å²) < 4.78 is 24.8. The van der Waals surface area contributed by atoms with Gasteiger partial charge in [-0.25, -0.2) is 4.98 Å². The zero-order chi connectivity index (χ0) is 16.4. The Bertz CT molecular complexity index is 881. The lowest BCUT2D eigenvalue weighted by Crippen LogP contribution is -1.98. The van der Waals surface area contributed by atoms with E-state index in [1.54, 1.807) is 12.1 Å². The van der Waals surface area contributed by atoms with E-state index in [0.29, 0.717) is 16.3 Å². The van der Waals surface area contributed by atoms with Crippen LogP contribution in [0.3, 0.4) is 0 Å². The molecule has 0 radical (unpaired) electrons. The quantitative estimate of drug-likeness (QED) is 0.401. The highest BCUT2D eigenvalue weighted by atomic mass is 32.1. The third kappa shape index (κ3) is 3.13. The number of rotatable bonds is 5. The van der Waals surface area contributed by atoms with Gasteiger partial charge in [0.2, 0.25) is 5.82 Å². The van der Waals surface area contributed by atoms with Crippen molar-refractivity contribution in [3.05, 3.63) is 52.3 Å². The lowest BCUT2D eigenvalue weighted by molar-refractivity contribution is -0.387. The number of benzene rings is 2. The first kappa shape index (κ1) is 15.3. The van der Waals surface area contributed by atoms with Gasteiger partial charge < -0.3 is 9.47 Å². The molecule has 0 bridgehead atoms. The van der Waals surface area contributed by atoms with Crippen LogP contribution in [-0.4, -0.2) is 23.8 Å². The Labute approximate surface area is 134 Å². The van der Waals surface area contributed by atoms with E-state index >= 15 is 0 Å². The van der Waals surface area contributed by atoms with Crippen molar-refractivity contribution in [1.29, 1.82) is 0 Å². The van der Waals surface area contributed by atoms with Gasteiger partial charge in [-0.15, -0.1) is 11.3 Å². The van der Waals surface area contributed by atoms with Crippen molar-refractivity contribution in [1.82, 2.24) is 4.98 Å². The molecule has 0 N–H and O–H groups in total. The van der Waals surface area contributed by atoms with E-state index in [9.17, 15) is 14.5 Å². The zero-order valence-electron chi connectivity index (χ0n) is 12.0. The number of hydrogen-bond donors (Lipinski definition) is 0. The molecule has 3 aromatic rings. The van der Waals surface area contributed by atoms with Gasteiger partial charge in [0.05, 0.1) is 15.1 Å². The Kier molecular flexibility index (Phi) is 4.18. The number of halogens is 1. The van der Waals surface area contributed by atoms with E-state index in [0.717, 1.165) is 22.3 Å². The molecule has 0 saturated carbocycles. The van der Waals surface area contributed by atoms with Crippen molar-refractivity contribution < 1.29 is 18.8 Å². The lowest BCUT2D eigenvalue weighted by atomic mass is 10.2. The molecular formula is C15H11FN2O4S. The van der Waals surface area contributed by atoms with Gasteiger partial charge in [0.25, 0.3) is 0 Å². The van der Waals surface area contributed by atoms with Crippen molar-refractivity contribution in [3.63, 3.8) is 0 Å². The van der Waals surface area contributed by atoms with Crippen LogP contribution in [0.1, 0.15) is 0 Å². The fourth-order valence-corrected chi connectivity index (χ4v) is 3.02. The minimum atomic E-state index is -0.879. The molecule has 0 aliphatic rings. The molecule has 1 heterocycles. The predicted molar refractivity (Wildman–Crippen MR) is 84.2 cm³/mol. The van der Waals surface area contributed by atoms with Crippen molar-refractivity contribution in [3.8, 4) is 16.3 Å². The average molecular weight is 333 g/mol.